The minimum atomic E-state index is -2.72. The van der Waals surface area contributed by atoms with Crippen molar-refractivity contribution in [2.45, 2.75) is 6.43 Å². The molecule has 0 unspecified atom stereocenters. The zero-order valence-electron chi connectivity index (χ0n) is 15.3. The Kier molecular flexibility index (Phi) is 5.22. The van der Waals surface area contributed by atoms with Crippen LogP contribution in [0.25, 0.3) is 11.0 Å². The summed E-state index contributed by atoms with van der Waals surface area (Å²) < 4.78 is 30.9. The molecule has 0 aliphatic carbocycles. The Bertz CT molecular complexity index is 1060. The molecule has 150 valence electrons. The van der Waals surface area contributed by atoms with Gasteiger partial charge >= 0.3 is 0 Å². The molecule has 2 heterocycles. The molecule has 2 amide bonds. The second-order valence-electron chi connectivity index (χ2n) is 6.56. The molecule has 1 aliphatic heterocycles. The third-order valence-corrected chi connectivity index (χ3v) is 4.67. The number of hydrogen-bond acceptors (Lipinski definition) is 4. The maximum atomic E-state index is 12.8. The fraction of sp³-hybridized carbons (Fsp3) is 0.250. The number of morpholine rings is 1. The Labute approximate surface area is 164 Å². The van der Waals surface area contributed by atoms with Crippen LogP contribution in [0, 0.1) is 0 Å². The fourth-order valence-electron chi connectivity index (χ4n) is 3.18. The van der Waals surface area contributed by atoms with E-state index in [0.717, 1.165) is 0 Å². The van der Waals surface area contributed by atoms with E-state index >= 15 is 0 Å². The number of carbonyl (C=O) groups is 2. The summed E-state index contributed by atoms with van der Waals surface area (Å²) in [6, 6.07) is 11.2. The van der Waals surface area contributed by atoms with Gasteiger partial charge in [-0.25, -0.2) is 13.8 Å². The number of halogens is 2. The zero-order valence-corrected chi connectivity index (χ0v) is 15.3. The number of rotatable bonds is 4. The second-order valence-corrected chi connectivity index (χ2v) is 6.56. The summed E-state index contributed by atoms with van der Waals surface area (Å²) in [4.78, 5) is 33.5. The molecule has 0 spiro atoms. The number of nitrogens with one attached hydrogen (secondary N) is 2. The smallest absolute Gasteiger partial charge is 0.295 e. The average molecular weight is 400 g/mol. The van der Waals surface area contributed by atoms with E-state index in [0.29, 0.717) is 48.6 Å². The van der Waals surface area contributed by atoms with E-state index in [4.69, 9.17) is 4.74 Å². The number of anilines is 1. The first kappa shape index (κ1) is 19.0. The normalized spacial score (nSPS) is 14.4. The summed E-state index contributed by atoms with van der Waals surface area (Å²) in [5.41, 5.74) is 1.71. The van der Waals surface area contributed by atoms with Crippen molar-refractivity contribution in [3.8, 4) is 0 Å². The van der Waals surface area contributed by atoms with Gasteiger partial charge in [-0.3, -0.25) is 9.59 Å². The number of fused-ring (bicyclic) bond motifs is 1. The second kappa shape index (κ2) is 7.96. The van der Waals surface area contributed by atoms with Crippen LogP contribution in [-0.4, -0.2) is 53.0 Å². The fourth-order valence-corrected chi connectivity index (χ4v) is 3.18. The first-order chi connectivity index (χ1) is 14.0. The third kappa shape index (κ3) is 3.95. The molecule has 2 aromatic carbocycles. The number of nitrogens with zero attached hydrogens (tertiary/aromatic N) is 2. The van der Waals surface area contributed by atoms with Crippen molar-refractivity contribution < 1.29 is 23.1 Å². The van der Waals surface area contributed by atoms with Gasteiger partial charge in [-0.05, 0) is 30.3 Å². The van der Waals surface area contributed by atoms with Crippen LogP contribution in [0.1, 0.15) is 33.0 Å². The van der Waals surface area contributed by atoms with Gasteiger partial charge in [0.1, 0.15) is 0 Å². The van der Waals surface area contributed by atoms with Gasteiger partial charge in [0, 0.05) is 18.7 Å². The Hall–Kier alpha value is -3.33. The zero-order chi connectivity index (χ0) is 20.4. The number of aromatic amines is 1. The van der Waals surface area contributed by atoms with Crippen molar-refractivity contribution >= 4 is 28.5 Å². The van der Waals surface area contributed by atoms with Gasteiger partial charge < -0.3 is 19.9 Å². The monoisotopic (exact) mass is 400 g/mol. The van der Waals surface area contributed by atoms with Crippen molar-refractivity contribution in [2.24, 2.45) is 0 Å². The van der Waals surface area contributed by atoms with Crippen LogP contribution >= 0.6 is 0 Å². The Morgan fingerprint density at radius 3 is 2.66 bits per heavy atom. The lowest BCUT2D eigenvalue weighted by Crippen LogP contribution is -2.41. The summed E-state index contributed by atoms with van der Waals surface area (Å²) >= 11 is 0. The molecule has 3 aromatic rings. The number of ether oxygens (including phenoxy) is 1. The molecule has 0 radical (unpaired) electrons. The van der Waals surface area contributed by atoms with E-state index in [-0.39, 0.29) is 11.5 Å². The van der Waals surface area contributed by atoms with Crippen molar-refractivity contribution in [3.05, 3.63) is 59.4 Å². The highest BCUT2D eigenvalue weighted by molar-refractivity contribution is 6.09. The summed E-state index contributed by atoms with van der Waals surface area (Å²) in [5, 5.41) is 2.74. The Balaban J connectivity index is 1.57. The topological polar surface area (TPSA) is 87.3 Å². The number of aromatic nitrogens is 2. The number of benzene rings is 2. The molecule has 0 bridgehead atoms. The number of para-hydroxylation sites is 1. The minimum Gasteiger partial charge on any atom is -0.378 e. The summed E-state index contributed by atoms with van der Waals surface area (Å²) in [6.45, 7) is 1.93. The van der Waals surface area contributed by atoms with Crippen LogP contribution in [-0.2, 0) is 4.74 Å². The van der Waals surface area contributed by atoms with E-state index in [1.54, 1.807) is 29.2 Å². The lowest BCUT2D eigenvalue weighted by Gasteiger charge is -2.27. The van der Waals surface area contributed by atoms with E-state index in [2.05, 4.69) is 15.3 Å². The molecule has 0 atom stereocenters. The van der Waals surface area contributed by atoms with Crippen LogP contribution < -0.4 is 5.32 Å². The lowest BCUT2D eigenvalue weighted by molar-refractivity contribution is 0.0303. The van der Waals surface area contributed by atoms with Gasteiger partial charge in [-0.2, -0.15) is 0 Å². The van der Waals surface area contributed by atoms with E-state index in [1.165, 1.54) is 18.2 Å². The van der Waals surface area contributed by atoms with Gasteiger partial charge in [-0.15, -0.1) is 0 Å². The van der Waals surface area contributed by atoms with Crippen LogP contribution in [0.4, 0.5) is 14.5 Å². The van der Waals surface area contributed by atoms with Crippen LogP contribution in [0.15, 0.2) is 42.5 Å². The molecule has 7 nitrogen and oxygen atoms in total. The van der Waals surface area contributed by atoms with Crippen LogP contribution in [0.5, 0.6) is 0 Å². The first-order valence-electron chi connectivity index (χ1n) is 9.08. The highest BCUT2D eigenvalue weighted by Gasteiger charge is 2.22. The van der Waals surface area contributed by atoms with Crippen molar-refractivity contribution in [1.82, 2.24) is 14.9 Å². The number of H-pyrrole nitrogens is 1. The van der Waals surface area contributed by atoms with Crippen LogP contribution in [0.2, 0.25) is 0 Å². The highest BCUT2D eigenvalue weighted by atomic mass is 19.3. The summed E-state index contributed by atoms with van der Waals surface area (Å²) in [5.74, 6) is -1.09. The molecule has 1 aromatic heterocycles. The van der Waals surface area contributed by atoms with Crippen molar-refractivity contribution in [3.63, 3.8) is 0 Å². The molecule has 9 heteroatoms. The SMILES string of the molecule is O=C(Nc1ccccc1C(=O)N1CCOCC1)c1ccc2nc(C(F)F)[nH]c2c1. The summed E-state index contributed by atoms with van der Waals surface area (Å²) in [6.07, 6.45) is -2.72. The van der Waals surface area contributed by atoms with E-state index in [1.807, 2.05) is 0 Å². The van der Waals surface area contributed by atoms with Gasteiger partial charge in [-0.1, -0.05) is 12.1 Å². The lowest BCUT2D eigenvalue weighted by atomic mass is 10.1. The maximum absolute atomic E-state index is 12.8. The highest BCUT2D eigenvalue weighted by Crippen LogP contribution is 2.22. The first-order valence-corrected chi connectivity index (χ1v) is 9.08. The standard InChI is InChI=1S/C20H18F2N4O3/c21-17(22)18-23-15-6-5-12(11-16(15)24-18)19(27)25-14-4-2-1-3-13(14)20(28)26-7-9-29-10-8-26/h1-6,11,17H,7-10H2,(H,23,24)(H,25,27). The number of carbonyl (C=O) groups excluding carboxylic acids is 2. The Morgan fingerprint density at radius 2 is 1.90 bits per heavy atom. The molecular formula is C20H18F2N4O3. The van der Waals surface area contributed by atoms with E-state index < -0.39 is 18.2 Å². The predicted octanol–water partition coefficient (Wildman–Crippen LogP) is 3.23. The van der Waals surface area contributed by atoms with Gasteiger partial charge in [0.25, 0.3) is 18.2 Å². The molecule has 29 heavy (non-hydrogen) atoms. The molecule has 4 rings (SSSR count). The van der Waals surface area contributed by atoms with Crippen molar-refractivity contribution in [2.75, 3.05) is 31.6 Å². The largest absolute Gasteiger partial charge is 0.378 e. The van der Waals surface area contributed by atoms with Gasteiger partial charge in [0.2, 0.25) is 0 Å². The number of alkyl halides is 2. The van der Waals surface area contributed by atoms with Gasteiger partial charge in [0.15, 0.2) is 5.82 Å². The molecular weight excluding hydrogens is 382 g/mol. The molecule has 1 saturated heterocycles. The number of amides is 2. The quantitative estimate of drug-likeness (QED) is 0.704. The van der Waals surface area contributed by atoms with E-state index in [9.17, 15) is 18.4 Å². The predicted molar refractivity (Wildman–Crippen MR) is 102 cm³/mol. The number of hydrogen-bond donors (Lipinski definition) is 2. The summed E-state index contributed by atoms with van der Waals surface area (Å²) in [7, 11) is 0. The third-order valence-electron chi connectivity index (χ3n) is 4.67. The van der Waals surface area contributed by atoms with Crippen LogP contribution in [0.3, 0.4) is 0 Å². The average Bonchev–Trinajstić information content (AvgIpc) is 3.18. The Morgan fingerprint density at radius 1 is 1.14 bits per heavy atom. The van der Waals surface area contributed by atoms with Gasteiger partial charge in [0.05, 0.1) is 35.5 Å². The number of imidazole rings is 1. The molecule has 2 N–H and O–H groups in total. The molecule has 0 saturated carbocycles. The maximum Gasteiger partial charge on any atom is 0.295 e. The minimum absolute atomic E-state index is 0.185. The molecule has 1 aliphatic rings. The van der Waals surface area contributed by atoms with Crippen molar-refractivity contribution in [1.29, 1.82) is 0 Å². The molecule has 1 fully saturated rings.